The van der Waals surface area contributed by atoms with Crippen LogP contribution < -0.4 is 0 Å². The molecule has 0 radical (unpaired) electrons. The van der Waals surface area contributed by atoms with Gasteiger partial charge in [-0.3, -0.25) is 0 Å². The molecular weight excluding hydrogens is 200 g/mol. The van der Waals surface area contributed by atoms with E-state index in [2.05, 4.69) is 30.2 Å². The number of benzene rings is 1. The molecular formula is C14H10S. The third-order valence-corrected chi connectivity index (χ3v) is 2.99. The lowest BCUT2D eigenvalue weighted by Gasteiger charge is -1.89. The SMILES string of the molecule is C#Cc1ccc(/C=C\c2ccccc2)s1. The van der Waals surface area contributed by atoms with Crippen molar-refractivity contribution in [2.24, 2.45) is 0 Å². The van der Waals surface area contributed by atoms with Crippen LogP contribution in [0, 0.1) is 12.3 Å². The van der Waals surface area contributed by atoms with E-state index in [0.717, 1.165) is 4.88 Å². The van der Waals surface area contributed by atoms with Crippen LogP contribution in [0.3, 0.4) is 0 Å². The Morgan fingerprint density at radius 1 is 1.00 bits per heavy atom. The monoisotopic (exact) mass is 210 g/mol. The quantitative estimate of drug-likeness (QED) is 0.659. The van der Waals surface area contributed by atoms with E-state index in [1.54, 1.807) is 11.3 Å². The molecule has 0 saturated heterocycles. The van der Waals surface area contributed by atoms with Gasteiger partial charge in [-0.15, -0.1) is 17.8 Å². The van der Waals surface area contributed by atoms with Crippen LogP contribution in [-0.4, -0.2) is 0 Å². The van der Waals surface area contributed by atoms with Gasteiger partial charge < -0.3 is 0 Å². The lowest BCUT2D eigenvalue weighted by Crippen LogP contribution is -1.67. The lowest BCUT2D eigenvalue weighted by molar-refractivity contribution is 1.67. The van der Waals surface area contributed by atoms with Crippen molar-refractivity contribution >= 4 is 23.5 Å². The van der Waals surface area contributed by atoms with Crippen LogP contribution in [0.1, 0.15) is 15.3 Å². The summed E-state index contributed by atoms with van der Waals surface area (Å²) >= 11 is 1.63. The van der Waals surface area contributed by atoms with Gasteiger partial charge in [0.15, 0.2) is 0 Å². The molecule has 0 spiro atoms. The van der Waals surface area contributed by atoms with Crippen LogP contribution in [-0.2, 0) is 0 Å². The Labute approximate surface area is 93.9 Å². The molecule has 15 heavy (non-hydrogen) atoms. The summed E-state index contributed by atoms with van der Waals surface area (Å²) in [6, 6.07) is 14.2. The Hall–Kier alpha value is -1.78. The van der Waals surface area contributed by atoms with E-state index in [9.17, 15) is 0 Å². The minimum atomic E-state index is 0.975. The molecule has 0 amide bonds. The summed E-state index contributed by atoms with van der Waals surface area (Å²) in [7, 11) is 0. The van der Waals surface area contributed by atoms with E-state index in [-0.39, 0.29) is 0 Å². The first-order chi connectivity index (χ1) is 7.38. The highest BCUT2D eigenvalue weighted by molar-refractivity contribution is 7.13. The zero-order valence-electron chi connectivity index (χ0n) is 8.18. The third kappa shape index (κ3) is 2.59. The summed E-state index contributed by atoms with van der Waals surface area (Å²) in [5.41, 5.74) is 1.20. The second-order valence-electron chi connectivity index (χ2n) is 3.09. The second kappa shape index (κ2) is 4.63. The molecule has 0 bridgehead atoms. The molecule has 0 nitrogen and oxygen atoms in total. The van der Waals surface area contributed by atoms with Crippen molar-refractivity contribution in [1.29, 1.82) is 0 Å². The van der Waals surface area contributed by atoms with Gasteiger partial charge in [0.1, 0.15) is 0 Å². The zero-order chi connectivity index (χ0) is 10.5. The molecule has 0 N–H and O–H groups in total. The first kappa shape index (κ1) is 9.76. The summed E-state index contributed by atoms with van der Waals surface area (Å²) < 4.78 is 0. The Bertz CT molecular complexity index is 498. The molecule has 2 aromatic rings. The molecule has 0 fully saturated rings. The maximum absolute atomic E-state index is 5.31. The van der Waals surface area contributed by atoms with Crippen LogP contribution in [0.25, 0.3) is 12.2 Å². The van der Waals surface area contributed by atoms with Crippen molar-refractivity contribution in [3.05, 3.63) is 57.8 Å². The molecule has 0 saturated carbocycles. The molecule has 2 rings (SSSR count). The molecule has 1 heterocycles. The fourth-order valence-electron chi connectivity index (χ4n) is 1.26. The number of thiophene rings is 1. The van der Waals surface area contributed by atoms with Crippen molar-refractivity contribution in [3.8, 4) is 12.3 Å². The first-order valence-electron chi connectivity index (χ1n) is 4.68. The summed E-state index contributed by atoms with van der Waals surface area (Å²) in [5, 5.41) is 0. The number of terminal acetylenes is 1. The molecule has 72 valence electrons. The highest BCUT2D eigenvalue weighted by atomic mass is 32.1. The van der Waals surface area contributed by atoms with Crippen LogP contribution in [0.15, 0.2) is 42.5 Å². The zero-order valence-corrected chi connectivity index (χ0v) is 9.00. The molecule has 0 aliphatic carbocycles. The Morgan fingerprint density at radius 3 is 2.47 bits per heavy atom. The van der Waals surface area contributed by atoms with Crippen molar-refractivity contribution < 1.29 is 0 Å². The van der Waals surface area contributed by atoms with Crippen molar-refractivity contribution in [2.45, 2.75) is 0 Å². The standard InChI is InChI=1S/C14H10S/c1-2-13-10-11-14(15-13)9-8-12-6-4-3-5-7-12/h1,3-11H/b9-8-. The van der Waals surface area contributed by atoms with Crippen LogP contribution in [0.4, 0.5) is 0 Å². The van der Waals surface area contributed by atoms with E-state index in [1.165, 1.54) is 10.4 Å². The average Bonchev–Trinajstić information content (AvgIpc) is 2.76. The second-order valence-corrected chi connectivity index (χ2v) is 4.21. The van der Waals surface area contributed by atoms with Gasteiger partial charge in [0.2, 0.25) is 0 Å². The molecule has 0 unspecified atom stereocenters. The number of rotatable bonds is 2. The van der Waals surface area contributed by atoms with Crippen molar-refractivity contribution in [1.82, 2.24) is 0 Å². The van der Waals surface area contributed by atoms with Gasteiger partial charge in [-0.25, -0.2) is 0 Å². The molecule has 0 aliphatic heterocycles. The predicted molar refractivity (Wildman–Crippen MR) is 67.6 cm³/mol. The maximum Gasteiger partial charge on any atom is 0.0772 e. The molecule has 0 atom stereocenters. The van der Waals surface area contributed by atoms with Crippen LogP contribution in [0.2, 0.25) is 0 Å². The van der Waals surface area contributed by atoms with Gasteiger partial charge in [-0.2, -0.15) is 0 Å². The minimum Gasteiger partial charge on any atom is -0.127 e. The normalized spacial score (nSPS) is 10.3. The van der Waals surface area contributed by atoms with Crippen molar-refractivity contribution in [2.75, 3.05) is 0 Å². The fraction of sp³-hybridized carbons (Fsp3) is 0. The van der Waals surface area contributed by atoms with Crippen LogP contribution >= 0.6 is 11.3 Å². The predicted octanol–water partition coefficient (Wildman–Crippen LogP) is 3.90. The summed E-state index contributed by atoms with van der Waals surface area (Å²) in [6.07, 6.45) is 9.48. The summed E-state index contributed by atoms with van der Waals surface area (Å²) in [6.45, 7) is 0. The molecule has 1 aromatic heterocycles. The van der Waals surface area contributed by atoms with E-state index in [0.29, 0.717) is 0 Å². The van der Waals surface area contributed by atoms with E-state index < -0.39 is 0 Å². The van der Waals surface area contributed by atoms with E-state index >= 15 is 0 Å². The smallest absolute Gasteiger partial charge is 0.0772 e. The van der Waals surface area contributed by atoms with Crippen molar-refractivity contribution in [3.63, 3.8) is 0 Å². The summed E-state index contributed by atoms with van der Waals surface area (Å²) in [4.78, 5) is 2.16. The Kier molecular flexibility index (Phi) is 3.02. The largest absolute Gasteiger partial charge is 0.127 e. The van der Waals surface area contributed by atoms with Gasteiger partial charge in [0.25, 0.3) is 0 Å². The maximum atomic E-state index is 5.31. The highest BCUT2D eigenvalue weighted by Crippen LogP contribution is 2.18. The molecule has 0 aliphatic rings. The third-order valence-electron chi connectivity index (χ3n) is 2.01. The minimum absolute atomic E-state index is 0.975. The molecule has 1 aromatic carbocycles. The number of hydrogen-bond acceptors (Lipinski definition) is 1. The van der Waals surface area contributed by atoms with E-state index in [1.807, 2.05) is 30.3 Å². The first-order valence-corrected chi connectivity index (χ1v) is 5.50. The average molecular weight is 210 g/mol. The lowest BCUT2D eigenvalue weighted by atomic mass is 10.2. The topological polar surface area (TPSA) is 0 Å². The Balaban J connectivity index is 2.16. The molecule has 1 heteroatoms. The number of hydrogen-bond donors (Lipinski definition) is 0. The van der Waals surface area contributed by atoms with Gasteiger partial charge >= 0.3 is 0 Å². The van der Waals surface area contributed by atoms with Crippen LogP contribution in [0.5, 0.6) is 0 Å². The summed E-state index contributed by atoms with van der Waals surface area (Å²) in [5.74, 6) is 2.63. The van der Waals surface area contributed by atoms with Gasteiger partial charge in [-0.05, 0) is 23.8 Å². The fourth-order valence-corrected chi connectivity index (χ4v) is 1.98. The van der Waals surface area contributed by atoms with Gasteiger partial charge in [0.05, 0.1) is 4.88 Å². The van der Waals surface area contributed by atoms with Gasteiger partial charge in [0, 0.05) is 4.88 Å². The van der Waals surface area contributed by atoms with Gasteiger partial charge in [-0.1, -0.05) is 42.3 Å². The van der Waals surface area contributed by atoms with E-state index in [4.69, 9.17) is 6.42 Å². The Morgan fingerprint density at radius 2 is 1.80 bits per heavy atom. The highest BCUT2D eigenvalue weighted by Gasteiger charge is 1.92.